The first-order valence-corrected chi connectivity index (χ1v) is 6.25. The number of aryl methyl sites for hydroxylation is 1. The quantitative estimate of drug-likeness (QED) is 0.631. The fourth-order valence-corrected chi connectivity index (χ4v) is 1.88. The monoisotopic (exact) mass is 265 g/mol. The van der Waals surface area contributed by atoms with Crippen LogP contribution in [0.1, 0.15) is 19.4 Å². The fourth-order valence-electron chi connectivity index (χ4n) is 1.88. The molecule has 0 heterocycles. The molecule has 104 valence electrons. The predicted molar refractivity (Wildman–Crippen MR) is 75.2 cm³/mol. The van der Waals surface area contributed by atoms with Gasteiger partial charge in [-0.2, -0.15) is 0 Å². The number of nitrogens with zero attached hydrogens (tertiary/aromatic N) is 2. The Labute approximate surface area is 112 Å². The van der Waals surface area contributed by atoms with E-state index in [1.54, 1.807) is 6.07 Å². The molecule has 0 aromatic heterocycles. The van der Waals surface area contributed by atoms with E-state index in [0.717, 1.165) is 24.3 Å². The first-order chi connectivity index (χ1) is 8.97. The lowest BCUT2D eigenvalue weighted by Crippen LogP contribution is -2.23. The van der Waals surface area contributed by atoms with E-state index >= 15 is 0 Å². The zero-order valence-corrected chi connectivity index (χ0v) is 11.5. The zero-order valence-electron chi connectivity index (χ0n) is 11.5. The molecule has 0 aliphatic rings. The highest BCUT2D eigenvalue weighted by Crippen LogP contribution is 2.22. The van der Waals surface area contributed by atoms with Crippen molar-refractivity contribution < 1.29 is 9.72 Å². The molecule has 0 saturated heterocycles. The third kappa shape index (κ3) is 4.24. The molecule has 1 aromatic carbocycles. The smallest absolute Gasteiger partial charge is 0.296 e. The minimum absolute atomic E-state index is 0.608. The molecule has 0 radical (unpaired) electrons. The minimum Gasteiger partial charge on any atom is -0.372 e. The van der Waals surface area contributed by atoms with Crippen molar-refractivity contribution in [2.45, 2.75) is 20.8 Å². The molecular weight excluding hydrogens is 246 g/mol. The van der Waals surface area contributed by atoms with Gasteiger partial charge in [-0.05, 0) is 44.5 Å². The number of carbonyl (C=O) groups is 1. The molecule has 0 spiro atoms. The van der Waals surface area contributed by atoms with Crippen molar-refractivity contribution in [3.05, 3.63) is 33.9 Å². The Hall–Kier alpha value is -2.11. The van der Waals surface area contributed by atoms with Crippen LogP contribution in [0.4, 0.5) is 11.4 Å². The maximum Gasteiger partial charge on any atom is 0.296 e. The zero-order chi connectivity index (χ0) is 14.4. The summed E-state index contributed by atoms with van der Waals surface area (Å²) in [6.07, 6.45) is 0. The summed E-state index contributed by atoms with van der Waals surface area (Å²) in [6.45, 7) is 7.12. The van der Waals surface area contributed by atoms with Crippen molar-refractivity contribution in [2.75, 3.05) is 29.9 Å². The van der Waals surface area contributed by atoms with Gasteiger partial charge in [0.05, 0.1) is 0 Å². The number of nitro groups is 1. The summed E-state index contributed by atoms with van der Waals surface area (Å²) in [5.41, 5.74) is 2.58. The summed E-state index contributed by atoms with van der Waals surface area (Å²) < 4.78 is 0. The summed E-state index contributed by atoms with van der Waals surface area (Å²) in [4.78, 5) is 23.1. The summed E-state index contributed by atoms with van der Waals surface area (Å²) in [6, 6.07) is 5.65. The minimum atomic E-state index is -0.711. The first kappa shape index (κ1) is 14.9. The summed E-state index contributed by atoms with van der Waals surface area (Å²) in [5, 5.41) is 12.8. The van der Waals surface area contributed by atoms with Crippen molar-refractivity contribution in [3.8, 4) is 0 Å². The van der Waals surface area contributed by atoms with Crippen molar-refractivity contribution in [2.24, 2.45) is 0 Å². The van der Waals surface area contributed by atoms with Gasteiger partial charge in [-0.3, -0.25) is 14.9 Å². The van der Waals surface area contributed by atoms with Gasteiger partial charge in [0, 0.05) is 29.4 Å². The van der Waals surface area contributed by atoms with Crippen LogP contribution in [0.5, 0.6) is 0 Å². The molecule has 1 amide bonds. The van der Waals surface area contributed by atoms with E-state index in [2.05, 4.69) is 24.1 Å². The highest BCUT2D eigenvalue weighted by atomic mass is 16.6. The third-order valence-electron chi connectivity index (χ3n) is 2.89. The van der Waals surface area contributed by atoms with E-state index in [-0.39, 0.29) is 0 Å². The maximum absolute atomic E-state index is 11.3. The molecule has 1 rings (SSSR count). The third-order valence-corrected chi connectivity index (χ3v) is 2.89. The lowest BCUT2D eigenvalue weighted by Gasteiger charge is -2.22. The van der Waals surface area contributed by atoms with Gasteiger partial charge in [-0.15, -0.1) is 0 Å². The van der Waals surface area contributed by atoms with E-state index < -0.39 is 17.4 Å². The van der Waals surface area contributed by atoms with Gasteiger partial charge < -0.3 is 10.2 Å². The number of rotatable bonds is 6. The molecular formula is C13H19N3O3. The van der Waals surface area contributed by atoms with Crippen LogP contribution >= 0.6 is 0 Å². The topological polar surface area (TPSA) is 75.5 Å². The standard InChI is InChI=1S/C13H19N3O3/c1-4-15(5-2)11-6-7-12(10(3)8-11)14-13(17)9-16(18)19/h6-8H,4-5,9H2,1-3H3,(H,14,17). The lowest BCUT2D eigenvalue weighted by molar-refractivity contribution is -0.467. The number of benzene rings is 1. The lowest BCUT2D eigenvalue weighted by atomic mass is 10.1. The van der Waals surface area contributed by atoms with Gasteiger partial charge in [0.1, 0.15) is 0 Å². The molecule has 1 aromatic rings. The Bertz CT molecular complexity index is 470. The number of hydrogen-bond donors (Lipinski definition) is 1. The van der Waals surface area contributed by atoms with Crippen molar-refractivity contribution in [3.63, 3.8) is 0 Å². The van der Waals surface area contributed by atoms with Gasteiger partial charge in [0.2, 0.25) is 0 Å². The Morgan fingerprint density at radius 1 is 1.37 bits per heavy atom. The van der Waals surface area contributed by atoms with Crippen LogP contribution in [0.3, 0.4) is 0 Å². The Balaban J connectivity index is 2.82. The molecule has 0 bridgehead atoms. The number of hydrogen-bond acceptors (Lipinski definition) is 4. The van der Waals surface area contributed by atoms with Crippen LogP contribution in [-0.4, -0.2) is 30.5 Å². The molecule has 19 heavy (non-hydrogen) atoms. The first-order valence-electron chi connectivity index (χ1n) is 6.25. The summed E-state index contributed by atoms with van der Waals surface area (Å²) >= 11 is 0. The Morgan fingerprint density at radius 3 is 2.47 bits per heavy atom. The molecule has 0 aliphatic heterocycles. The molecule has 6 nitrogen and oxygen atoms in total. The molecule has 0 atom stereocenters. The Morgan fingerprint density at radius 2 is 2.00 bits per heavy atom. The van der Waals surface area contributed by atoms with E-state index in [4.69, 9.17) is 0 Å². The van der Waals surface area contributed by atoms with Crippen molar-refractivity contribution >= 4 is 17.3 Å². The van der Waals surface area contributed by atoms with E-state index in [9.17, 15) is 14.9 Å². The van der Waals surface area contributed by atoms with Gasteiger partial charge in [-0.1, -0.05) is 0 Å². The van der Waals surface area contributed by atoms with Crippen LogP contribution in [0.2, 0.25) is 0 Å². The van der Waals surface area contributed by atoms with Crippen LogP contribution in [0.25, 0.3) is 0 Å². The second-order valence-corrected chi connectivity index (χ2v) is 4.21. The molecule has 0 saturated carbocycles. The van der Waals surface area contributed by atoms with Crippen LogP contribution < -0.4 is 10.2 Å². The van der Waals surface area contributed by atoms with Crippen molar-refractivity contribution in [1.29, 1.82) is 0 Å². The average Bonchev–Trinajstić information content (AvgIpc) is 2.33. The highest BCUT2D eigenvalue weighted by molar-refractivity contribution is 5.92. The predicted octanol–water partition coefficient (Wildman–Crippen LogP) is 2.06. The Kier molecular flexibility index (Phi) is 5.29. The van der Waals surface area contributed by atoms with Crippen LogP contribution in [-0.2, 0) is 4.79 Å². The molecule has 1 N–H and O–H groups in total. The van der Waals surface area contributed by atoms with E-state index in [1.165, 1.54) is 0 Å². The maximum atomic E-state index is 11.3. The highest BCUT2D eigenvalue weighted by Gasteiger charge is 2.11. The fraction of sp³-hybridized carbons (Fsp3) is 0.462. The molecule has 6 heteroatoms. The SMILES string of the molecule is CCN(CC)c1ccc(NC(=O)C[N+](=O)[O-])c(C)c1. The number of carbonyl (C=O) groups excluding carboxylic acids is 1. The van der Waals surface area contributed by atoms with Gasteiger partial charge >= 0.3 is 0 Å². The van der Waals surface area contributed by atoms with Gasteiger partial charge in [0.25, 0.3) is 12.5 Å². The largest absolute Gasteiger partial charge is 0.372 e. The van der Waals surface area contributed by atoms with E-state index in [1.807, 2.05) is 19.1 Å². The second kappa shape index (κ2) is 6.72. The van der Waals surface area contributed by atoms with Gasteiger partial charge in [-0.25, -0.2) is 0 Å². The van der Waals surface area contributed by atoms with Gasteiger partial charge in [0.15, 0.2) is 0 Å². The second-order valence-electron chi connectivity index (χ2n) is 4.21. The molecule has 0 unspecified atom stereocenters. The molecule has 0 aliphatic carbocycles. The summed E-state index contributed by atoms with van der Waals surface area (Å²) in [7, 11) is 0. The normalized spacial score (nSPS) is 10.1. The number of amides is 1. The average molecular weight is 265 g/mol. The number of anilines is 2. The van der Waals surface area contributed by atoms with Crippen LogP contribution in [0, 0.1) is 17.0 Å². The van der Waals surface area contributed by atoms with Crippen LogP contribution in [0.15, 0.2) is 18.2 Å². The van der Waals surface area contributed by atoms with E-state index in [0.29, 0.717) is 5.69 Å². The van der Waals surface area contributed by atoms with Crippen molar-refractivity contribution in [1.82, 2.24) is 0 Å². The summed E-state index contributed by atoms with van der Waals surface area (Å²) in [5.74, 6) is -0.608. The molecule has 0 fully saturated rings. The number of nitrogens with one attached hydrogen (secondary N) is 1.